The minimum absolute atomic E-state index is 0.190. The molecular weight excluding hydrogens is 366 g/mol. The normalized spacial score (nSPS) is 13.2. The predicted octanol–water partition coefficient (Wildman–Crippen LogP) is 1.93. The van der Waals surface area contributed by atoms with Gasteiger partial charge < -0.3 is 10.6 Å². The maximum Gasteiger partial charge on any atom is 0.255 e. The molecule has 2 amide bonds. The third kappa shape index (κ3) is 3.80. The predicted molar refractivity (Wildman–Crippen MR) is 105 cm³/mol. The summed E-state index contributed by atoms with van der Waals surface area (Å²) in [6.07, 6.45) is 1.75. The Balaban J connectivity index is 1.81. The Kier molecular flexibility index (Phi) is 4.93. The third-order valence-corrected chi connectivity index (χ3v) is 5.74. The molecule has 0 radical (unpaired) electrons. The maximum absolute atomic E-state index is 12.6. The minimum Gasteiger partial charge on any atom is -0.355 e. The van der Waals surface area contributed by atoms with E-state index in [0.717, 1.165) is 11.1 Å². The van der Waals surface area contributed by atoms with Gasteiger partial charge in [-0.05, 0) is 60.9 Å². The average Bonchev–Trinajstić information content (AvgIpc) is 3.06. The second-order valence-electron chi connectivity index (χ2n) is 6.49. The number of fused-ring (bicyclic) bond motifs is 1. The molecule has 1 heterocycles. The first kappa shape index (κ1) is 18.9. The lowest BCUT2D eigenvalue weighted by atomic mass is 10.1. The van der Waals surface area contributed by atoms with E-state index in [2.05, 4.69) is 10.6 Å². The number of carbonyl (C=O) groups is 2. The van der Waals surface area contributed by atoms with Gasteiger partial charge in [0, 0.05) is 30.4 Å². The van der Waals surface area contributed by atoms with Crippen LogP contribution in [0.5, 0.6) is 0 Å². The lowest BCUT2D eigenvalue weighted by Gasteiger charge is -2.16. The summed E-state index contributed by atoms with van der Waals surface area (Å²) >= 11 is 0. The van der Waals surface area contributed by atoms with Gasteiger partial charge in [-0.25, -0.2) is 8.42 Å². The standard InChI is InChI=1S/C19H21N3O4S/c1-12-10-14(18(23)20-2)4-6-16(12)21-19(24)15-5-7-17-13(11-15)8-9-22(17)27(3,25)26/h4-7,10-11H,8-9H2,1-3H3,(H,20,23)(H,21,24). The lowest BCUT2D eigenvalue weighted by Crippen LogP contribution is -2.27. The van der Waals surface area contributed by atoms with Crippen LogP contribution in [-0.4, -0.2) is 40.1 Å². The molecule has 0 spiro atoms. The molecule has 142 valence electrons. The van der Waals surface area contributed by atoms with Crippen LogP contribution >= 0.6 is 0 Å². The van der Waals surface area contributed by atoms with E-state index in [0.29, 0.717) is 35.5 Å². The van der Waals surface area contributed by atoms with E-state index in [9.17, 15) is 18.0 Å². The summed E-state index contributed by atoms with van der Waals surface area (Å²) in [5.74, 6) is -0.476. The Hall–Kier alpha value is -2.87. The van der Waals surface area contributed by atoms with Crippen LogP contribution in [-0.2, 0) is 16.4 Å². The van der Waals surface area contributed by atoms with Crippen molar-refractivity contribution in [1.29, 1.82) is 0 Å². The molecule has 0 saturated heterocycles. The molecule has 2 aromatic carbocycles. The van der Waals surface area contributed by atoms with Crippen LogP contribution in [0.1, 0.15) is 31.8 Å². The van der Waals surface area contributed by atoms with Crippen molar-refractivity contribution < 1.29 is 18.0 Å². The molecule has 1 aliphatic heterocycles. The summed E-state index contributed by atoms with van der Waals surface area (Å²) < 4.78 is 25.0. The molecule has 7 nitrogen and oxygen atoms in total. The number of nitrogens with zero attached hydrogens (tertiary/aromatic N) is 1. The van der Waals surface area contributed by atoms with Gasteiger partial charge in [0.1, 0.15) is 0 Å². The minimum atomic E-state index is -3.32. The largest absolute Gasteiger partial charge is 0.355 e. The summed E-state index contributed by atoms with van der Waals surface area (Å²) in [6, 6.07) is 10.1. The number of anilines is 2. The second kappa shape index (κ2) is 7.03. The molecule has 0 fully saturated rings. The number of rotatable bonds is 4. The molecule has 2 aromatic rings. The van der Waals surface area contributed by atoms with Crippen LogP contribution in [0, 0.1) is 6.92 Å². The Morgan fingerprint density at radius 1 is 1.04 bits per heavy atom. The monoisotopic (exact) mass is 387 g/mol. The topological polar surface area (TPSA) is 95.6 Å². The fourth-order valence-electron chi connectivity index (χ4n) is 3.14. The number of hydrogen-bond donors (Lipinski definition) is 2. The summed E-state index contributed by atoms with van der Waals surface area (Å²) in [5.41, 5.74) is 3.82. The van der Waals surface area contributed by atoms with E-state index in [1.165, 1.54) is 10.6 Å². The number of amides is 2. The molecule has 8 heteroatoms. The molecule has 27 heavy (non-hydrogen) atoms. The Bertz CT molecular complexity index is 1030. The summed E-state index contributed by atoms with van der Waals surface area (Å²) in [5, 5.41) is 5.40. The van der Waals surface area contributed by atoms with Gasteiger partial charge in [0.2, 0.25) is 10.0 Å². The van der Waals surface area contributed by atoms with Gasteiger partial charge >= 0.3 is 0 Å². The molecule has 0 saturated carbocycles. The molecule has 0 bridgehead atoms. The molecule has 2 N–H and O–H groups in total. The van der Waals surface area contributed by atoms with Crippen molar-refractivity contribution in [3.05, 3.63) is 58.7 Å². The number of aryl methyl sites for hydroxylation is 1. The second-order valence-corrected chi connectivity index (χ2v) is 8.40. The molecule has 0 unspecified atom stereocenters. The van der Waals surface area contributed by atoms with Gasteiger partial charge in [-0.1, -0.05) is 0 Å². The number of carbonyl (C=O) groups excluding carboxylic acids is 2. The first-order valence-electron chi connectivity index (χ1n) is 8.45. The van der Waals surface area contributed by atoms with Crippen LogP contribution in [0.2, 0.25) is 0 Å². The van der Waals surface area contributed by atoms with Crippen molar-refractivity contribution in [2.24, 2.45) is 0 Å². The van der Waals surface area contributed by atoms with E-state index < -0.39 is 10.0 Å². The molecular formula is C19H21N3O4S. The van der Waals surface area contributed by atoms with Crippen LogP contribution in [0.15, 0.2) is 36.4 Å². The first-order chi connectivity index (χ1) is 12.7. The highest BCUT2D eigenvalue weighted by Gasteiger charge is 2.26. The van der Waals surface area contributed by atoms with Crippen LogP contribution in [0.25, 0.3) is 0 Å². The van der Waals surface area contributed by atoms with Crippen molar-refractivity contribution in [3.63, 3.8) is 0 Å². The smallest absolute Gasteiger partial charge is 0.255 e. The van der Waals surface area contributed by atoms with Crippen LogP contribution in [0.4, 0.5) is 11.4 Å². The average molecular weight is 387 g/mol. The van der Waals surface area contributed by atoms with Gasteiger partial charge in [-0.15, -0.1) is 0 Å². The zero-order valence-corrected chi connectivity index (χ0v) is 16.2. The highest BCUT2D eigenvalue weighted by Crippen LogP contribution is 2.31. The van der Waals surface area contributed by atoms with Crippen molar-refractivity contribution in [2.75, 3.05) is 29.5 Å². The molecule has 3 rings (SSSR count). The summed E-state index contributed by atoms with van der Waals surface area (Å²) in [7, 11) is -1.75. The maximum atomic E-state index is 12.6. The van der Waals surface area contributed by atoms with Crippen molar-refractivity contribution in [2.45, 2.75) is 13.3 Å². The fourth-order valence-corrected chi connectivity index (χ4v) is 4.10. The fraction of sp³-hybridized carbons (Fsp3) is 0.263. The highest BCUT2D eigenvalue weighted by atomic mass is 32.2. The van der Waals surface area contributed by atoms with Gasteiger partial charge in [-0.2, -0.15) is 0 Å². The Morgan fingerprint density at radius 2 is 1.70 bits per heavy atom. The molecule has 0 aliphatic carbocycles. The quantitative estimate of drug-likeness (QED) is 0.838. The summed E-state index contributed by atoms with van der Waals surface area (Å²) in [6.45, 7) is 2.20. The zero-order chi connectivity index (χ0) is 19.8. The van der Waals surface area contributed by atoms with E-state index in [1.807, 2.05) is 6.92 Å². The van der Waals surface area contributed by atoms with Gasteiger partial charge in [0.25, 0.3) is 11.8 Å². The van der Waals surface area contributed by atoms with Gasteiger partial charge in [-0.3, -0.25) is 13.9 Å². The van der Waals surface area contributed by atoms with Crippen molar-refractivity contribution in [1.82, 2.24) is 5.32 Å². The number of nitrogens with one attached hydrogen (secondary N) is 2. The Morgan fingerprint density at radius 3 is 2.33 bits per heavy atom. The van der Waals surface area contributed by atoms with E-state index in [-0.39, 0.29) is 11.8 Å². The van der Waals surface area contributed by atoms with Gasteiger partial charge in [0.15, 0.2) is 0 Å². The molecule has 0 atom stereocenters. The third-order valence-electron chi connectivity index (χ3n) is 4.56. The van der Waals surface area contributed by atoms with Crippen LogP contribution in [0.3, 0.4) is 0 Å². The number of hydrogen-bond acceptors (Lipinski definition) is 4. The summed E-state index contributed by atoms with van der Waals surface area (Å²) in [4.78, 5) is 24.3. The molecule has 1 aliphatic rings. The molecule has 0 aromatic heterocycles. The SMILES string of the molecule is CNC(=O)c1ccc(NC(=O)c2ccc3c(c2)CCN3S(C)(=O)=O)c(C)c1. The van der Waals surface area contributed by atoms with E-state index in [4.69, 9.17) is 0 Å². The van der Waals surface area contributed by atoms with E-state index >= 15 is 0 Å². The highest BCUT2D eigenvalue weighted by molar-refractivity contribution is 7.92. The van der Waals surface area contributed by atoms with E-state index in [1.54, 1.807) is 43.4 Å². The van der Waals surface area contributed by atoms with Gasteiger partial charge in [0.05, 0.1) is 11.9 Å². The number of sulfonamides is 1. The first-order valence-corrected chi connectivity index (χ1v) is 10.3. The zero-order valence-electron chi connectivity index (χ0n) is 15.4. The Labute approximate surface area is 158 Å². The van der Waals surface area contributed by atoms with Crippen molar-refractivity contribution in [3.8, 4) is 0 Å². The lowest BCUT2D eigenvalue weighted by molar-refractivity contribution is 0.0962. The number of benzene rings is 2. The van der Waals surface area contributed by atoms with Crippen LogP contribution < -0.4 is 14.9 Å². The van der Waals surface area contributed by atoms with Crippen molar-refractivity contribution >= 4 is 33.2 Å².